The van der Waals surface area contributed by atoms with Gasteiger partial charge in [0.2, 0.25) is 0 Å². The number of carbonyl (C=O) groups excluding carboxylic acids is 1. The van der Waals surface area contributed by atoms with Crippen LogP contribution in [0.5, 0.6) is 0 Å². The molecule has 94 valence electrons. The largest absolute Gasteiger partial charge is 0.465 e. The molecule has 0 aliphatic heterocycles. The Bertz CT molecular complexity index is 389. The second kappa shape index (κ2) is 6.20. The van der Waals surface area contributed by atoms with E-state index < -0.39 is 5.97 Å². The fourth-order valence-corrected chi connectivity index (χ4v) is 1.45. The van der Waals surface area contributed by atoms with Crippen molar-refractivity contribution in [2.45, 2.75) is 26.3 Å². The quantitative estimate of drug-likeness (QED) is 0.758. The van der Waals surface area contributed by atoms with Gasteiger partial charge in [0.25, 0.3) is 0 Å². The summed E-state index contributed by atoms with van der Waals surface area (Å²) in [4.78, 5) is 15.6. The summed E-state index contributed by atoms with van der Waals surface area (Å²) in [6.45, 7) is 3.77. The zero-order chi connectivity index (χ0) is 12.8. The highest BCUT2D eigenvalue weighted by atomic mass is 16.5. The number of aryl methyl sites for hydroxylation is 1. The number of ether oxygens (including phenoxy) is 1. The highest BCUT2D eigenvalue weighted by Gasteiger charge is 2.11. The first-order chi connectivity index (χ1) is 8.12. The Morgan fingerprint density at radius 3 is 2.76 bits per heavy atom. The number of nitrogens with one attached hydrogen (secondary N) is 1. The van der Waals surface area contributed by atoms with Gasteiger partial charge in [0.05, 0.1) is 31.0 Å². The van der Waals surface area contributed by atoms with E-state index in [1.807, 2.05) is 6.92 Å². The number of hydrogen-bond donors (Lipinski definition) is 2. The molecule has 0 fully saturated rings. The Hall–Kier alpha value is -1.62. The Balaban J connectivity index is 2.85. The van der Waals surface area contributed by atoms with Crippen LogP contribution in [0.25, 0.3) is 0 Å². The molecule has 1 rings (SSSR count). The predicted octanol–water partition coefficient (Wildman–Crippen LogP) is 1.36. The standard InChI is InChI=1S/C12H18N2O3/c1-4-9(7-15)14-11-6-5-10(8(2)13-11)12(16)17-3/h5-6,9,15H,4,7H2,1-3H3,(H,13,14)/t9-/m1/s1. The second-order valence-electron chi connectivity index (χ2n) is 3.75. The van der Waals surface area contributed by atoms with Crippen molar-refractivity contribution in [3.8, 4) is 0 Å². The van der Waals surface area contributed by atoms with Gasteiger partial charge in [0.15, 0.2) is 0 Å². The summed E-state index contributed by atoms with van der Waals surface area (Å²) in [6.07, 6.45) is 0.802. The van der Waals surface area contributed by atoms with E-state index in [1.54, 1.807) is 19.1 Å². The van der Waals surface area contributed by atoms with Crippen molar-refractivity contribution >= 4 is 11.8 Å². The van der Waals surface area contributed by atoms with Crippen molar-refractivity contribution in [2.24, 2.45) is 0 Å². The van der Waals surface area contributed by atoms with Gasteiger partial charge in [-0.25, -0.2) is 9.78 Å². The van der Waals surface area contributed by atoms with Crippen LogP contribution < -0.4 is 5.32 Å². The lowest BCUT2D eigenvalue weighted by Crippen LogP contribution is -2.23. The third-order valence-electron chi connectivity index (χ3n) is 2.56. The number of pyridine rings is 1. The van der Waals surface area contributed by atoms with Crippen LogP contribution in [0.4, 0.5) is 5.82 Å². The summed E-state index contributed by atoms with van der Waals surface area (Å²) < 4.78 is 4.64. The molecule has 0 amide bonds. The van der Waals surface area contributed by atoms with Gasteiger partial charge in [-0.1, -0.05) is 6.92 Å². The number of aromatic nitrogens is 1. The summed E-state index contributed by atoms with van der Waals surface area (Å²) in [5.74, 6) is 0.256. The van der Waals surface area contributed by atoms with Gasteiger partial charge in [-0.2, -0.15) is 0 Å². The van der Waals surface area contributed by atoms with Crippen LogP contribution >= 0.6 is 0 Å². The first kappa shape index (κ1) is 13.4. The van der Waals surface area contributed by atoms with Crippen LogP contribution in [0.15, 0.2) is 12.1 Å². The molecule has 2 N–H and O–H groups in total. The minimum atomic E-state index is -0.393. The molecule has 0 bridgehead atoms. The fraction of sp³-hybridized carbons (Fsp3) is 0.500. The molecule has 1 heterocycles. The van der Waals surface area contributed by atoms with Gasteiger partial charge >= 0.3 is 5.97 Å². The van der Waals surface area contributed by atoms with E-state index >= 15 is 0 Å². The van der Waals surface area contributed by atoms with E-state index in [9.17, 15) is 4.79 Å². The van der Waals surface area contributed by atoms with Crippen molar-refractivity contribution < 1.29 is 14.6 Å². The molecule has 17 heavy (non-hydrogen) atoms. The highest BCUT2D eigenvalue weighted by Crippen LogP contribution is 2.13. The third-order valence-corrected chi connectivity index (χ3v) is 2.56. The number of nitrogens with zero attached hydrogens (tertiary/aromatic N) is 1. The average molecular weight is 238 g/mol. The number of rotatable bonds is 5. The van der Waals surface area contributed by atoms with Gasteiger partial charge in [-0.05, 0) is 25.5 Å². The summed E-state index contributed by atoms with van der Waals surface area (Å²) in [5, 5.41) is 12.2. The normalized spacial score (nSPS) is 12.0. The monoisotopic (exact) mass is 238 g/mol. The third kappa shape index (κ3) is 3.42. The maximum atomic E-state index is 11.4. The smallest absolute Gasteiger partial charge is 0.339 e. The molecule has 0 aliphatic carbocycles. The topological polar surface area (TPSA) is 71.5 Å². The molecule has 0 spiro atoms. The number of methoxy groups -OCH3 is 1. The van der Waals surface area contributed by atoms with Crippen molar-refractivity contribution in [2.75, 3.05) is 19.0 Å². The summed E-state index contributed by atoms with van der Waals surface area (Å²) in [7, 11) is 1.34. The highest BCUT2D eigenvalue weighted by molar-refractivity contribution is 5.90. The van der Waals surface area contributed by atoms with Gasteiger partial charge < -0.3 is 15.2 Å². The van der Waals surface area contributed by atoms with E-state index in [2.05, 4.69) is 15.0 Å². The van der Waals surface area contributed by atoms with E-state index in [4.69, 9.17) is 5.11 Å². The first-order valence-corrected chi connectivity index (χ1v) is 5.55. The average Bonchev–Trinajstić information content (AvgIpc) is 2.35. The van der Waals surface area contributed by atoms with Crippen LogP contribution in [0.2, 0.25) is 0 Å². The molecule has 0 saturated carbocycles. The predicted molar refractivity (Wildman–Crippen MR) is 65.1 cm³/mol. The number of esters is 1. The minimum absolute atomic E-state index is 0.0223. The zero-order valence-corrected chi connectivity index (χ0v) is 10.4. The number of hydrogen-bond acceptors (Lipinski definition) is 5. The SMILES string of the molecule is CC[C@H](CO)Nc1ccc(C(=O)OC)c(C)n1. The molecule has 0 saturated heterocycles. The first-order valence-electron chi connectivity index (χ1n) is 5.55. The molecule has 0 aromatic carbocycles. The molecule has 1 aromatic rings. The Labute approximate surface area is 101 Å². The van der Waals surface area contributed by atoms with E-state index in [0.717, 1.165) is 6.42 Å². The molecular formula is C12H18N2O3. The molecule has 0 unspecified atom stereocenters. The molecule has 1 aromatic heterocycles. The van der Waals surface area contributed by atoms with Crippen LogP contribution in [-0.4, -0.2) is 35.8 Å². The Kier molecular flexibility index (Phi) is 4.90. The van der Waals surface area contributed by atoms with E-state index in [0.29, 0.717) is 17.1 Å². The Morgan fingerprint density at radius 1 is 1.59 bits per heavy atom. The molecular weight excluding hydrogens is 220 g/mol. The molecule has 5 nitrogen and oxygen atoms in total. The maximum Gasteiger partial charge on any atom is 0.339 e. The molecule has 1 atom stereocenters. The van der Waals surface area contributed by atoms with Crippen molar-refractivity contribution in [1.29, 1.82) is 0 Å². The Morgan fingerprint density at radius 2 is 2.29 bits per heavy atom. The van der Waals surface area contributed by atoms with Crippen molar-refractivity contribution in [3.63, 3.8) is 0 Å². The van der Waals surface area contributed by atoms with Gasteiger partial charge in [0.1, 0.15) is 5.82 Å². The van der Waals surface area contributed by atoms with Crippen LogP contribution in [-0.2, 0) is 4.74 Å². The lowest BCUT2D eigenvalue weighted by atomic mass is 10.2. The molecule has 0 radical (unpaired) electrons. The molecule has 0 aliphatic rings. The van der Waals surface area contributed by atoms with Crippen molar-refractivity contribution in [3.05, 3.63) is 23.4 Å². The number of anilines is 1. The van der Waals surface area contributed by atoms with Crippen LogP contribution in [0.3, 0.4) is 0 Å². The number of carbonyl (C=O) groups is 1. The van der Waals surface area contributed by atoms with Crippen LogP contribution in [0.1, 0.15) is 29.4 Å². The minimum Gasteiger partial charge on any atom is -0.465 e. The van der Waals surface area contributed by atoms with Gasteiger partial charge in [-0.15, -0.1) is 0 Å². The maximum absolute atomic E-state index is 11.4. The van der Waals surface area contributed by atoms with Crippen LogP contribution in [0, 0.1) is 6.92 Å². The second-order valence-corrected chi connectivity index (χ2v) is 3.75. The van der Waals surface area contributed by atoms with Gasteiger partial charge in [0, 0.05) is 0 Å². The zero-order valence-electron chi connectivity index (χ0n) is 10.4. The lowest BCUT2D eigenvalue weighted by Gasteiger charge is -2.15. The number of aliphatic hydroxyl groups is 1. The summed E-state index contributed by atoms with van der Waals surface area (Å²) >= 11 is 0. The van der Waals surface area contributed by atoms with E-state index in [1.165, 1.54) is 7.11 Å². The van der Waals surface area contributed by atoms with Gasteiger partial charge in [-0.3, -0.25) is 0 Å². The number of aliphatic hydroxyl groups excluding tert-OH is 1. The summed E-state index contributed by atoms with van der Waals surface area (Å²) in [6, 6.07) is 3.35. The fourth-order valence-electron chi connectivity index (χ4n) is 1.45. The van der Waals surface area contributed by atoms with Crippen molar-refractivity contribution in [1.82, 2.24) is 4.98 Å². The molecule has 5 heteroatoms. The van der Waals surface area contributed by atoms with E-state index in [-0.39, 0.29) is 12.6 Å². The lowest BCUT2D eigenvalue weighted by molar-refractivity contribution is 0.0599. The summed E-state index contributed by atoms with van der Waals surface area (Å²) in [5.41, 5.74) is 1.06.